The van der Waals surface area contributed by atoms with Crippen molar-refractivity contribution in [3.05, 3.63) is 52.9 Å². The zero-order chi connectivity index (χ0) is 18.3. The van der Waals surface area contributed by atoms with E-state index < -0.39 is 0 Å². The number of nitrogens with one attached hydrogen (secondary N) is 1. The average molecular weight is 370 g/mol. The Morgan fingerprint density at radius 1 is 1.27 bits per heavy atom. The first-order valence-electron chi connectivity index (χ1n) is 7.97. The third kappa shape index (κ3) is 2.91. The molecule has 0 fully saturated rings. The molecule has 0 aliphatic rings. The minimum Gasteiger partial charge on any atom is -0.453 e. The van der Waals surface area contributed by atoms with E-state index in [1.165, 1.54) is 6.20 Å². The van der Waals surface area contributed by atoms with Gasteiger partial charge in [0.15, 0.2) is 11.4 Å². The zero-order valence-electron chi connectivity index (χ0n) is 14.2. The molecule has 0 saturated carbocycles. The van der Waals surface area contributed by atoms with E-state index in [9.17, 15) is 0 Å². The summed E-state index contributed by atoms with van der Waals surface area (Å²) in [5, 5.41) is 13.9. The quantitative estimate of drug-likeness (QED) is 0.573. The molecule has 2 N–H and O–H groups in total. The number of aromatic nitrogens is 5. The van der Waals surface area contributed by atoms with E-state index >= 15 is 0 Å². The molecule has 0 amide bonds. The number of ether oxygens (including phenoxy) is 1. The van der Waals surface area contributed by atoms with Gasteiger partial charge in [0.2, 0.25) is 0 Å². The van der Waals surface area contributed by atoms with E-state index in [1.54, 1.807) is 28.9 Å². The molecule has 8 heteroatoms. The van der Waals surface area contributed by atoms with Crippen LogP contribution >= 0.6 is 11.6 Å². The number of aromatic amines is 1. The molecule has 0 atom stereocenters. The van der Waals surface area contributed by atoms with Crippen molar-refractivity contribution < 1.29 is 9.84 Å². The van der Waals surface area contributed by atoms with E-state index in [0.717, 1.165) is 16.8 Å². The summed E-state index contributed by atoms with van der Waals surface area (Å²) >= 11 is 6.31. The van der Waals surface area contributed by atoms with Crippen LogP contribution in [0.5, 0.6) is 11.5 Å². The van der Waals surface area contributed by atoms with Crippen LogP contribution in [-0.4, -0.2) is 29.8 Å². The smallest absolute Gasteiger partial charge is 0.182 e. The zero-order valence-corrected chi connectivity index (χ0v) is 14.9. The highest BCUT2D eigenvalue weighted by Crippen LogP contribution is 2.36. The van der Waals surface area contributed by atoms with Gasteiger partial charge >= 0.3 is 0 Å². The number of H-pyrrole nitrogens is 1. The Kier molecular flexibility index (Phi) is 4.10. The van der Waals surface area contributed by atoms with Crippen LogP contribution in [0.15, 0.2) is 36.7 Å². The summed E-state index contributed by atoms with van der Waals surface area (Å²) in [5.41, 5.74) is 3.68. The van der Waals surface area contributed by atoms with Crippen molar-refractivity contribution in [3.63, 3.8) is 0 Å². The predicted molar refractivity (Wildman–Crippen MR) is 98.3 cm³/mol. The standard InChI is InChI=1S/C18H16ClN5O2/c1-10-13(8-24(2)23-10)17-21-15-16(14(19)7-20-18(15)22-17)26-12-5-3-11(9-25)4-6-12/h3-8,25H,9H2,1-2H3,(H,20,21,22). The molecular formula is C18H16ClN5O2. The maximum atomic E-state index is 9.15. The van der Waals surface area contributed by atoms with Crippen molar-refractivity contribution in [1.82, 2.24) is 24.7 Å². The minimum absolute atomic E-state index is 0.0189. The molecule has 0 spiro atoms. The van der Waals surface area contributed by atoms with Crippen molar-refractivity contribution in [2.75, 3.05) is 0 Å². The minimum atomic E-state index is -0.0189. The fraction of sp³-hybridized carbons (Fsp3) is 0.167. The number of aliphatic hydroxyl groups excluding tert-OH is 1. The average Bonchev–Trinajstić information content (AvgIpc) is 3.20. The molecular weight excluding hydrogens is 354 g/mol. The lowest BCUT2D eigenvalue weighted by molar-refractivity contribution is 0.281. The fourth-order valence-corrected chi connectivity index (χ4v) is 2.93. The van der Waals surface area contributed by atoms with Crippen molar-refractivity contribution in [2.24, 2.45) is 7.05 Å². The Morgan fingerprint density at radius 2 is 2.04 bits per heavy atom. The second kappa shape index (κ2) is 6.44. The Morgan fingerprint density at radius 3 is 2.69 bits per heavy atom. The maximum absolute atomic E-state index is 9.15. The molecule has 4 rings (SSSR count). The van der Waals surface area contributed by atoms with Crippen LogP contribution in [0.25, 0.3) is 22.6 Å². The molecule has 0 aliphatic heterocycles. The molecule has 0 saturated heterocycles. The first-order valence-corrected chi connectivity index (χ1v) is 8.35. The highest BCUT2D eigenvalue weighted by atomic mass is 35.5. The molecule has 3 heterocycles. The molecule has 7 nitrogen and oxygen atoms in total. The van der Waals surface area contributed by atoms with E-state index in [4.69, 9.17) is 21.4 Å². The van der Waals surface area contributed by atoms with Crippen molar-refractivity contribution in [2.45, 2.75) is 13.5 Å². The van der Waals surface area contributed by atoms with E-state index in [0.29, 0.717) is 33.5 Å². The van der Waals surface area contributed by atoms with Crippen LogP contribution in [0, 0.1) is 6.92 Å². The van der Waals surface area contributed by atoms with Crippen LogP contribution in [0.4, 0.5) is 0 Å². The van der Waals surface area contributed by atoms with Gasteiger partial charge in [-0.3, -0.25) is 4.68 Å². The van der Waals surface area contributed by atoms with Gasteiger partial charge in [-0.2, -0.15) is 5.10 Å². The largest absolute Gasteiger partial charge is 0.453 e. The number of pyridine rings is 1. The van der Waals surface area contributed by atoms with Crippen molar-refractivity contribution >= 4 is 22.8 Å². The van der Waals surface area contributed by atoms with Gasteiger partial charge in [-0.25, -0.2) is 9.97 Å². The van der Waals surface area contributed by atoms with Crippen molar-refractivity contribution in [1.29, 1.82) is 0 Å². The molecule has 1 aromatic carbocycles. The van der Waals surface area contributed by atoms with Crippen molar-refractivity contribution in [3.8, 4) is 22.9 Å². The highest BCUT2D eigenvalue weighted by molar-refractivity contribution is 6.32. The van der Waals surface area contributed by atoms with Gasteiger partial charge < -0.3 is 14.8 Å². The summed E-state index contributed by atoms with van der Waals surface area (Å²) in [5.74, 6) is 1.71. The molecule has 26 heavy (non-hydrogen) atoms. The van der Waals surface area contributed by atoms with E-state index in [2.05, 4.69) is 20.1 Å². The second-order valence-corrected chi connectivity index (χ2v) is 6.33. The van der Waals surface area contributed by atoms with Gasteiger partial charge in [-0.1, -0.05) is 23.7 Å². The third-order valence-electron chi connectivity index (χ3n) is 4.02. The molecule has 0 radical (unpaired) electrons. The fourth-order valence-electron chi connectivity index (χ4n) is 2.75. The monoisotopic (exact) mass is 369 g/mol. The summed E-state index contributed by atoms with van der Waals surface area (Å²) in [6, 6.07) is 7.13. The number of fused-ring (bicyclic) bond motifs is 1. The lowest BCUT2D eigenvalue weighted by Gasteiger charge is -2.08. The summed E-state index contributed by atoms with van der Waals surface area (Å²) in [6.45, 7) is 1.90. The number of aliphatic hydroxyl groups is 1. The van der Waals surface area contributed by atoms with Gasteiger partial charge in [-0.15, -0.1) is 0 Å². The third-order valence-corrected chi connectivity index (χ3v) is 4.29. The number of hydrogen-bond acceptors (Lipinski definition) is 5. The van der Waals surface area contributed by atoms with Crippen LogP contribution < -0.4 is 4.74 Å². The Bertz CT molecular complexity index is 1090. The number of imidazole rings is 1. The number of nitrogens with zero attached hydrogens (tertiary/aromatic N) is 4. The van der Waals surface area contributed by atoms with Gasteiger partial charge in [0.25, 0.3) is 0 Å². The molecule has 3 aromatic heterocycles. The lowest BCUT2D eigenvalue weighted by atomic mass is 10.2. The first-order chi connectivity index (χ1) is 12.5. The second-order valence-electron chi connectivity index (χ2n) is 5.93. The van der Waals surface area contributed by atoms with E-state index in [-0.39, 0.29) is 6.61 Å². The van der Waals surface area contributed by atoms with Crippen LogP contribution in [0.3, 0.4) is 0 Å². The number of rotatable bonds is 4. The summed E-state index contributed by atoms with van der Waals surface area (Å²) in [6.07, 6.45) is 3.41. The van der Waals surface area contributed by atoms with Gasteiger partial charge in [0.05, 0.1) is 24.1 Å². The Balaban J connectivity index is 1.78. The predicted octanol–water partition coefficient (Wildman–Crippen LogP) is 3.60. The summed E-state index contributed by atoms with van der Waals surface area (Å²) in [7, 11) is 1.86. The molecule has 0 aliphatic carbocycles. The molecule has 0 bridgehead atoms. The van der Waals surface area contributed by atoms with Gasteiger partial charge in [-0.05, 0) is 24.6 Å². The summed E-state index contributed by atoms with van der Waals surface area (Å²) < 4.78 is 7.70. The van der Waals surface area contributed by atoms with Crippen LogP contribution in [0.1, 0.15) is 11.3 Å². The van der Waals surface area contributed by atoms with Gasteiger partial charge in [0, 0.05) is 13.2 Å². The topological polar surface area (TPSA) is 88.8 Å². The highest BCUT2D eigenvalue weighted by Gasteiger charge is 2.17. The number of halogens is 1. The van der Waals surface area contributed by atoms with Crippen LogP contribution in [0.2, 0.25) is 5.02 Å². The Labute approximate surface area is 154 Å². The summed E-state index contributed by atoms with van der Waals surface area (Å²) in [4.78, 5) is 12.1. The first kappa shape index (κ1) is 16.6. The van der Waals surface area contributed by atoms with Gasteiger partial charge in [0.1, 0.15) is 22.1 Å². The maximum Gasteiger partial charge on any atom is 0.182 e. The molecule has 0 unspecified atom stereocenters. The molecule has 132 valence electrons. The normalized spacial score (nSPS) is 11.2. The molecule has 4 aromatic rings. The SMILES string of the molecule is Cc1nn(C)cc1-c1nc2ncc(Cl)c(Oc3ccc(CO)cc3)c2[nH]1. The van der Waals surface area contributed by atoms with Crippen LogP contribution in [-0.2, 0) is 13.7 Å². The lowest BCUT2D eigenvalue weighted by Crippen LogP contribution is -1.90. The number of hydrogen-bond donors (Lipinski definition) is 2. The van der Waals surface area contributed by atoms with E-state index in [1.807, 2.05) is 20.2 Å². The Hall–Kier alpha value is -2.90. The number of aryl methyl sites for hydroxylation is 2. The number of benzene rings is 1.